The van der Waals surface area contributed by atoms with Gasteiger partial charge in [0, 0.05) is 6.04 Å². The maximum absolute atomic E-state index is 13.4. The van der Waals surface area contributed by atoms with E-state index in [1.807, 2.05) is 6.08 Å². The van der Waals surface area contributed by atoms with E-state index < -0.39 is 20.7 Å². The van der Waals surface area contributed by atoms with Gasteiger partial charge in [0.15, 0.2) is 0 Å². The summed E-state index contributed by atoms with van der Waals surface area (Å²) in [6, 6.07) is -0.0871. The van der Waals surface area contributed by atoms with Crippen molar-refractivity contribution >= 4 is 15.2 Å². The first kappa shape index (κ1) is 23.0. The summed E-state index contributed by atoms with van der Waals surface area (Å²) in [7, 11) is -7.50. The number of nitrogens with one attached hydrogen (secondary N) is 1. The van der Waals surface area contributed by atoms with Crippen LogP contribution in [0.1, 0.15) is 53.4 Å². The molecule has 7 nitrogen and oxygen atoms in total. The van der Waals surface area contributed by atoms with Gasteiger partial charge in [-0.2, -0.15) is 0 Å². The standard InChI is InChI=1S/C16H33NO6P2/c1-5-20-24(18,21-6-2)16(25(19,22-7-3)23-8-4)17-15-13-11-9-10-12-14-15/h11,13,15-17H,5-10,12,14H2,1-4H3. The zero-order valence-corrected chi connectivity index (χ0v) is 17.6. The molecule has 25 heavy (non-hydrogen) atoms. The molecule has 0 bridgehead atoms. The molecule has 1 aliphatic rings. The molecule has 0 aromatic carbocycles. The minimum atomic E-state index is -3.75. The van der Waals surface area contributed by atoms with Crippen molar-refractivity contribution in [1.29, 1.82) is 0 Å². The molecule has 0 aromatic rings. The van der Waals surface area contributed by atoms with Gasteiger partial charge in [-0.3, -0.25) is 14.4 Å². The Morgan fingerprint density at radius 2 is 1.40 bits per heavy atom. The van der Waals surface area contributed by atoms with E-state index in [2.05, 4.69) is 11.4 Å². The van der Waals surface area contributed by atoms with Crippen molar-refractivity contribution in [2.75, 3.05) is 26.4 Å². The van der Waals surface area contributed by atoms with Crippen molar-refractivity contribution < 1.29 is 27.2 Å². The highest BCUT2D eigenvalue weighted by Gasteiger charge is 2.51. The summed E-state index contributed by atoms with van der Waals surface area (Å²) < 4.78 is 48.6. The van der Waals surface area contributed by atoms with Crippen LogP contribution in [0.15, 0.2) is 12.2 Å². The lowest BCUT2D eigenvalue weighted by Crippen LogP contribution is -2.39. The van der Waals surface area contributed by atoms with Crippen LogP contribution < -0.4 is 5.32 Å². The van der Waals surface area contributed by atoms with Crippen molar-refractivity contribution in [3.8, 4) is 0 Å². The quantitative estimate of drug-likeness (QED) is 0.371. The molecule has 0 heterocycles. The molecule has 1 unspecified atom stereocenters. The molecule has 9 heteroatoms. The molecule has 1 rings (SSSR count). The molecule has 1 aliphatic carbocycles. The molecule has 0 aliphatic heterocycles. The minimum Gasteiger partial charge on any atom is -0.307 e. The molecule has 0 fully saturated rings. The van der Waals surface area contributed by atoms with Gasteiger partial charge in [0.1, 0.15) is 0 Å². The normalized spacial score (nSPS) is 19.3. The van der Waals surface area contributed by atoms with Gasteiger partial charge in [-0.15, -0.1) is 0 Å². The van der Waals surface area contributed by atoms with Crippen LogP contribution in [-0.2, 0) is 27.2 Å². The third-order valence-corrected chi connectivity index (χ3v) is 9.37. The SMILES string of the molecule is CCOP(=O)(OCC)C(NC1C=CCCCC1)P(=O)(OCC)OCC. The van der Waals surface area contributed by atoms with Crippen LogP contribution in [0.5, 0.6) is 0 Å². The summed E-state index contributed by atoms with van der Waals surface area (Å²) >= 11 is 0. The fraction of sp³-hybridized carbons (Fsp3) is 0.875. The second-order valence-electron chi connectivity index (χ2n) is 5.61. The lowest BCUT2D eigenvalue weighted by Gasteiger charge is -2.33. The molecule has 0 radical (unpaired) electrons. The number of allylic oxidation sites excluding steroid dienone is 1. The van der Waals surface area contributed by atoms with E-state index in [9.17, 15) is 9.13 Å². The Morgan fingerprint density at radius 1 is 0.920 bits per heavy atom. The predicted octanol–water partition coefficient (Wildman–Crippen LogP) is 4.89. The fourth-order valence-electron chi connectivity index (χ4n) is 2.75. The van der Waals surface area contributed by atoms with Crippen molar-refractivity contribution in [3.05, 3.63) is 12.2 Å². The van der Waals surface area contributed by atoms with Crippen molar-refractivity contribution in [2.45, 2.75) is 64.9 Å². The molecule has 1 N–H and O–H groups in total. The molecule has 0 saturated heterocycles. The summed E-state index contributed by atoms with van der Waals surface area (Å²) in [5, 5.41) is 3.20. The Morgan fingerprint density at radius 3 is 1.84 bits per heavy atom. The highest BCUT2D eigenvalue weighted by Crippen LogP contribution is 2.69. The highest BCUT2D eigenvalue weighted by molar-refractivity contribution is 7.72. The second-order valence-corrected chi connectivity index (χ2v) is 10.2. The number of hydrogen-bond donors (Lipinski definition) is 1. The third-order valence-electron chi connectivity index (χ3n) is 3.70. The Kier molecular flexibility index (Phi) is 10.7. The maximum Gasteiger partial charge on any atom is 0.359 e. The first-order valence-corrected chi connectivity index (χ1v) is 12.4. The smallest absolute Gasteiger partial charge is 0.307 e. The van der Waals surface area contributed by atoms with Crippen LogP contribution in [0.25, 0.3) is 0 Å². The lowest BCUT2D eigenvalue weighted by atomic mass is 10.1. The van der Waals surface area contributed by atoms with E-state index >= 15 is 0 Å². The molecule has 1 atom stereocenters. The van der Waals surface area contributed by atoms with Gasteiger partial charge in [0.2, 0.25) is 5.52 Å². The van der Waals surface area contributed by atoms with Crippen LogP contribution in [0.4, 0.5) is 0 Å². The monoisotopic (exact) mass is 397 g/mol. The van der Waals surface area contributed by atoms with E-state index in [-0.39, 0.29) is 32.5 Å². The molecular formula is C16H33NO6P2. The average Bonchev–Trinajstić information content (AvgIpc) is 2.82. The molecular weight excluding hydrogens is 364 g/mol. The van der Waals surface area contributed by atoms with E-state index in [0.29, 0.717) is 0 Å². The lowest BCUT2D eigenvalue weighted by molar-refractivity contribution is 0.188. The van der Waals surface area contributed by atoms with Crippen molar-refractivity contribution in [2.24, 2.45) is 0 Å². The van der Waals surface area contributed by atoms with Gasteiger partial charge in [-0.1, -0.05) is 18.6 Å². The van der Waals surface area contributed by atoms with Gasteiger partial charge in [0.05, 0.1) is 26.4 Å². The molecule has 148 valence electrons. The van der Waals surface area contributed by atoms with Crippen LogP contribution in [0.3, 0.4) is 0 Å². The van der Waals surface area contributed by atoms with E-state index in [4.69, 9.17) is 18.1 Å². The Balaban J connectivity index is 3.22. The van der Waals surface area contributed by atoms with Crippen LogP contribution in [0.2, 0.25) is 0 Å². The van der Waals surface area contributed by atoms with Gasteiger partial charge >= 0.3 is 15.2 Å². The van der Waals surface area contributed by atoms with Crippen molar-refractivity contribution in [1.82, 2.24) is 5.32 Å². The Labute approximate surface area is 151 Å². The summed E-state index contributed by atoms with van der Waals surface area (Å²) in [6.45, 7) is 7.59. The molecule has 0 saturated carbocycles. The summed E-state index contributed by atoms with van der Waals surface area (Å²) in [5.41, 5.74) is -1.16. The minimum absolute atomic E-state index is 0.0871. The topological polar surface area (TPSA) is 83.1 Å². The van der Waals surface area contributed by atoms with E-state index in [1.165, 1.54) is 0 Å². The van der Waals surface area contributed by atoms with Crippen LogP contribution >= 0.6 is 15.2 Å². The average molecular weight is 397 g/mol. The fourth-order valence-corrected chi connectivity index (χ4v) is 7.83. The second kappa shape index (κ2) is 11.7. The summed E-state index contributed by atoms with van der Waals surface area (Å²) in [6.07, 6.45) is 8.08. The Hall–Kier alpha value is -0.0000000000000000416. The zero-order valence-electron chi connectivity index (χ0n) is 15.8. The molecule has 0 spiro atoms. The highest BCUT2D eigenvalue weighted by atomic mass is 31.2. The first-order valence-electron chi connectivity index (χ1n) is 9.16. The molecule has 0 aromatic heterocycles. The first-order chi connectivity index (χ1) is 12.0. The Bertz CT molecular complexity index is 449. The van der Waals surface area contributed by atoms with Gasteiger partial charge in [-0.05, 0) is 47.0 Å². The van der Waals surface area contributed by atoms with Crippen molar-refractivity contribution in [3.63, 3.8) is 0 Å². The van der Waals surface area contributed by atoms with Gasteiger partial charge in [0.25, 0.3) is 0 Å². The largest absolute Gasteiger partial charge is 0.359 e. The van der Waals surface area contributed by atoms with E-state index in [1.54, 1.807) is 27.7 Å². The summed E-state index contributed by atoms with van der Waals surface area (Å²) in [5.74, 6) is 0. The van der Waals surface area contributed by atoms with Gasteiger partial charge < -0.3 is 18.1 Å². The van der Waals surface area contributed by atoms with Gasteiger partial charge in [-0.25, -0.2) is 0 Å². The van der Waals surface area contributed by atoms with E-state index in [0.717, 1.165) is 25.7 Å². The molecule has 0 amide bonds. The third kappa shape index (κ3) is 6.91. The van der Waals surface area contributed by atoms with Crippen LogP contribution in [-0.4, -0.2) is 38.0 Å². The maximum atomic E-state index is 13.4. The number of hydrogen-bond acceptors (Lipinski definition) is 7. The number of rotatable bonds is 12. The zero-order chi connectivity index (χ0) is 18.8. The summed E-state index contributed by atoms with van der Waals surface area (Å²) in [4.78, 5) is 0. The van der Waals surface area contributed by atoms with Crippen LogP contribution in [0, 0.1) is 0 Å². The predicted molar refractivity (Wildman–Crippen MR) is 100 cm³/mol.